The van der Waals surface area contributed by atoms with Crippen LogP contribution in [0, 0.1) is 13.8 Å². The van der Waals surface area contributed by atoms with Gasteiger partial charge in [0.15, 0.2) is 0 Å². The molecule has 27 heavy (non-hydrogen) atoms. The highest BCUT2D eigenvalue weighted by Gasteiger charge is 2.22. The number of benzene rings is 2. The average molecular weight is 387 g/mol. The van der Waals surface area contributed by atoms with Crippen LogP contribution in [0.5, 0.6) is 0 Å². The summed E-state index contributed by atoms with van der Waals surface area (Å²) in [4.78, 5) is 2.30. The Morgan fingerprint density at radius 1 is 0.852 bits per heavy atom. The zero-order valence-corrected chi connectivity index (χ0v) is 17.9. The fourth-order valence-corrected chi connectivity index (χ4v) is 4.17. The van der Waals surface area contributed by atoms with Gasteiger partial charge in [-0.15, -0.1) is 4.40 Å². The van der Waals surface area contributed by atoms with Crippen molar-refractivity contribution >= 4 is 15.9 Å². The molecule has 0 atom stereocenters. The summed E-state index contributed by atoms with van der Waals surface area (Å²) in [5.74, 6) is 0.574. The number of hydrogen-bond donors (Lipinski definition) is 0. The van der Waals surface area contributed by atoms with E-state index in [4.69, 9.17) is 0 Å². The van der Waals surface area contributed by atoms with Crippen LogP contribution in [0.25, 0.3) is 0 Å². The number of nitrogens with zero attached hydrogens (tertiary/aromatic N) is 2. The minimum absolute atomic E-state index is 0.141. The first-order valence-corrected chi connectivity index (χ1v) is 10.8. The quantitative estimate of drug-likeness (QED) is 0.532. The number of amidine groups is 1. The van der Waals surface area contributed by atoms with Crippen molar-refractivity contribution in [1.82, 2.24) is 4.90 Å². The Kier molecular flexibility index (Phi) is 6.82. The molecule has 0 aliphatic carbocycles. The van der Waals surface area contributed by atoms with Crippen LogP contribution in [0.3, 0.4) is 0 Å². The van der Waals surface area contributed by atoms with Gasteiger partial charge in [0.2, 0.25) is 0 Å². The predicted molar refractivity (Wildman–Crippen MR) is 113 cm³/mol. The van der Waals surface area contributed by atoms with E-state index in [1.807, 2.05) is 38.1 Å². The SMILES string of the molecule is Cc1ccc(C/C(=N/S(=O)(=O)c2ccc(C)cc2)N(C(C)C)C(C)C)cc1. The second-order valence-electron chi connectivity index (χ2n) is 7.55. The lowest BCUT2D eigenvalue weighted by atomic mass is 10.1. The zero-order valence-electron chi connectivity index (χ0n) is 17.1. The molecule has 0 N–H and O–H groups in total. The van der Waals surface area contributed by atoms with Crippen molar-refractivity contribution in [3.05, 3.63) is 65.2 Å². The molecule has 2 aromatic rings. The van der Waals surface area contributed by atoms with Gasteiger partial charge in [0.05, 0.1) is 4.90 Å². The molecule has 0 spiro atoms. The summed E-state index contributed by atoms with van der Waals surface area (Å²) in [6, 6.07) is 15.2. The van der Waals surface area contributed by atoms with Crippen molar-refractivity contribution in [3.63, 3.8) is 0 Å². The van der Waals surface area contributed by atoms with Crippen molar-refractivity contribution in [2.75, 3.05) is 0 Å². The Balaban J connectivity index is 2.51. The van der Waals surface area contributed by atoms with Crippen LogP contribution in [0.4, 0.5) is 0 Å². The molecular formula is C22H30N2O2S. The highest BCUT2D eigenvalue weighted by atomic mass is 32.2. The summed E-state index contributed by atoms with van der Waals surface area (Å²) in [5, 5.41) is 0. The van der Waals surface area contributed by atoms with Crippen molar-refractivity contribution in [3.8, 4) is 0 Å². The summed E-state index contributed by atoms with van der Waals surface area (Å²) < 4.78 is 30.2. The predicted octanol–water partition coefficient (Wildman–Crippen LogP) is 4.75. The second kappa shape index (κ2) is 8.70. The van der Waals surface area contributed by atoms with Gasteiger partial charge < -0.3 is 4.90 Å². The molecule has 2 rings (SSSR count). The molecule has 0 saturated heterocycles. The molecule has 0 saturated carbocycles. The van der Waals surface area contributed by atoms with Crippen LogP contribution in [-0.4, -0.2) is 31.2 Å². The van der Waals surface area contributed by atoms with Crippen LogP contribution in [0.2, 0.25) is 0 Å². The Morgan fingerprint density at radius 2 is 1.30 bits per heavy atom. The molecular weight excluding hydrogens is 356 g/mol. The van der Waals surface area contributed by atoms with Gasteiger partial charge in [0.25, 0.3) is 10.0 Å². The Labute approximate surface area is 164 Å². The van der Waals surface area contributed by atoms with E-state index in [-0.39, 0.29) is 17.0 Å². The Bertz CT molecular complexity index is 873. The van der Waals surface area contributed by atoms with Gasteiger partial charge in [-0.3, -0.25) is 0 Å². The first kappa shape index (κ1) is 21.2. The van der Waals surface area contributed by atoms with Crippen LogP contribution >= 0.6 is 0 Å². The lowest BCUT2D eigenvalue weighted by molar-refractivity contribution is 0.288. The van der Waals surface area contributed by atoms with Crippen molar-refractivity contribution in [2.24, 2.45) is 4.40 Å². The van der Waals surface area contributed by atoms with Gasteiger partial charge >= 0.3 is 0 Å². The van der Waals surface area contributed by atoms with Crippen LogP contribution < -0.4 is 0 Å². The monoisotopic (exact) mass is 386 g/mol. The molecule has 146 valence electrons. The smallest absolute Gasteiger partial charge is 0.283 e. The van der Waals surface area contributed by atoms with Crippen molar-refractivity contribution < 1.29 is 8.42 Å². The fourth-order valence-electron chi connectivity index (χ4n) is 3.15. The van der Waals surface area contributed by atoms with E-state index in [0.717, 1.165) is 11.1 Å². The first-order chi connectivity index (χ1) is 12.6. The number of aryl methyl sites for hydroxylation is 2. The average Bonchev–Trinajstić information content (AvgIpc) is 2.56. The lowest BCUT2D eigenvalue weighted by Gasteiger charge is -2.34. The molecule has 0 amide bonds. The summed E-state index contributed by atoms with van der Waals surface area (Å²) >= 11 is 0. The summed E-state index contributed by atoms with van der Waals surface area (Å²) in [7, 11) is -3.77. The Hall–Kier alpha value is -2.14. The van der Waals surface area contributed by atoms with E-state index in [2.05, 4.69) is 37.0 Å². The lowest BCUT2D eigenvalue weighted by Crippen LogP contribution is -2.43. The largest absolute Gasteiger partial charge is 0.354 e. The van der Waals surface area contributed by atoms with Gasteiger partial charge in [0, 0.05) is 18.5 Å². The molecule has 0 unspecified atom stereocenters. The van der Waals surface area contributed by atoms with E-state index in [1.165, 1.54) is 5.56 Å². The summed E-state index contributed by atoms with van der Waals surface area (Å²) in [6.45, 7) is 12.2. The van der Waals surface area contributed by atoms with Gasteiger partial charge in [0.1, 0.15) is 5.84 Å². The molecule has 4 nitrogen and oxygen atoms in total. The van der Waals surface area contributed by atoms with E-state index in [1.54, 1.807) is 24.3 Å². The first-order valence-electron chi connectivity index (χ1n) is 9.34. The van der Waals surface area contributed by atoms with E-state index in [0.29, 0.717) is 12.3 Å². The van der Waals surface area contributed by atoms with Gasteiger partial charge in [-0.05, 0) is 59.2 Å². The molecule has 5 heteroatoms. The van der Waals surface area contributed by atoms with Gasteiger partial charge in [-0.2, -0.15) is 8.42 Å². The van der Waals surface area contributed by atoms with E-state index in [9.17, 15) is 8.42 Å². The third-order valence-corrected chi connectivity index (χ3v) is 5.76. The van der Waals surface area contributed by atoms with Crippen LogP contribution in [-0.2, 0) is 16.4 Å². The number of hydrogen-bond acceptors (Lipinski definition) is 2. The van der Waals surface area contributed by atoms with E-state index < -0.39 is 10.0 Å². The Morgan fingerprint density at radius 3 is 1.74 bits per heavy atom. The van der Waals surface area contributed by atoms with Gasteiger partial charge in [-0.25, -0.2) is 0 Å². The molecule has 0 bridgehead atoms. The zero-order chi connectivity index (χ0) is 20.2. The maximum absolute atomic E-state index is 12.9. The van der Waals surface area contributed by atoms with E-state index >= 15 is 0 Å². The minimum atomic E-state index is -3.77. The maximum atomic E-state index is 12.9. The summed E-state index contributed by atoms with van der Waals surface area (Å²) in [6.07, 6.45) is 0.474. The van der Waals surface area contributed by atoms with Crippen LogP contribution in [0.15, 0.2) is 57.8 Å². The molecule has 0 fully saturated rings. The van der Waals surface area contributed by atoms with Crippen molar-refractivity contribution in [1.29, 1.82) is 0 Å². The number of rotatable bonds is 6. The molecule has 0 heterocycles. The molecule has 0 radical (unpaired) electrons. The highest BCUT2D eigenvalue weighted by molar-refractivity contribution is 7.90. The molecule has 0 aliphatic heterocycles. The second-order valence-corrected chi connectivity index (χ2v) is 9.16. The topological polar surface area (TPSA) is 49.7 Å². The van der Waals surface area contributed by atoms with Gasteiger partial charge in [-0.1, -0.05) is 47.5 Å². The number of sulfonamides is 1. The third kappa shape index (κ3) is 5.67. The minimum Gasteiger partial charge on any atom is -0.354 e. The molecule has 0 aliphatic rings. The molecule has 0 aromatic heterocycles. The summed E-state index contributed by atoms with van der Waals surface area (Å²) in [5.41, 5.74) is 3.24. The third-order valence-electron chi connectivity index (χ3n) is 4.44. The van der Waals surface area contributed by atoms with Crippen LogP contribution in [0.1, 0.15) is 44.4 Å². The standard InChI is InChI=1S/C22H30N2O2S/c1-16(2)24(17(3)4)22(15-20-11-7-18(5)8-12-20)23-27(25,26)21-13-9-19(6)10-14-21/h7-14,16-17H,15H2,1-6H3/b23-22-. The molecule has 2 aromatic carbocycles. The maximum Gasteiger partial charge on any atom is 0.283 e. The fraction of sp³-hybridized carbons (Fsp3) is 0.409. The normalized spacial score (nSPS) is 12.7. The van der Waals surface area contributed by atoms with Crippen molar-refractivity contribution in [2.45, 2.75) is 64.9 Å². The highest BCUT2D eigenvalue weighted by Crippen LogP contribution is 2.18.